The van der Waals surface area contributed by atoms with E-state index < -0.39 is 5.82 Å². The molecule has 0 aliphatic carbocycles. The topological polar surface area (TPSA) is 30.3 Å². The third-order valence-corrected chi connectivity index (χ3v) is 3.81. The van der Waals surface area contributed by atoms with Crippen LogP contribution in [0.15, 0.2) is 18.2 Å². The molecule has 0 radical (unpaired) electrons. The molecular formula is C15H20FN3. The highest BCUT2D eigenvalue weighted by Crippen LogP contribution is 2.17. The molecule has 102 valence electrons. The highest BCUT2D eigenvalue weighted by Gasteiger charge is 2.21. The lowest BCUT2D eigenvalue weighted by Crippen LogP contribution is -2.44. The quantitative estimate of drug-likeness (QED) is 0.836. The zero-order chi connectivity index (χ0) is 13.8. The molecule has 0 amide bonds. The molecule has 3 nitrogen and oxygen atoms in total. The zero-order valence-electron chi connectivity index (χ0n) is 11.6. The molecule has 1 fully saturated rings. The van der Waals surface area contributed by atoms with E-state index in [1.165, 1.54) is 25.5 Å². The van der Waals surface area contributed by atoms with Crippen LogP contribution in [0.2, 0.25) is 0 Å². The first-order valence-corrected chi connectivity index (χ1v) is 6.67. The van der Waals surface area contributed by atoms with Crippen molar-refractivity contribution in [2.45, 2.75) is 25.4 Å². The van der Waals surface area contributed by atoms with Gasteiger partial charge in [-0.25, -0.2) is 4.39 Å². The molecule has 4 heteroatoms. The van der Waals surface area contributed by atoms with E-state index in [-0.39, 0.29) is 5.56 Å². The van der Waals surface area contributed by atoms with Gasteiger partial charge in [0.2, 0.25) is 0 Å². The minimum atomic E-state index is -0.439. The summed E-state index contributed by atoms with van der Waals surface area (Å²) in [6.07, 6.45) is 2.42. The molecular weight excluding hydrogens is 241 g/mol. The normalized spacial score (nSPS) is 20.5. The van der Waals surface area contributed by atoms with Crippen LogP contribution in [-0.4, -0.2) is 43.0 Å². The van der Waals surface area contributed by atoms with Crippen LogP contribution in [0, 0.1) is 17.1 Å². The number of nitriles is 1. The van der Waals surface area contributed by atoms with Gasteiger partial charge in [-0.1, -0.05) is 6.07 Å². The summed E-state index contributed by atoms with van der Waals surface area (Å²) in [5, 5.41) is 8.85. The Morgan fingerprint density at radius 2 is 2.32 bits per heavy atom. The molecule has 1 aliphatic rings. The van der Waals surface area contributed by atoms with E-state index in [4.69, 9.17) is 5.26 Å². The first kappa shape index (κ1) is 14.0. The molecule has 1 aromatic rings. The molecule has 0 N–H and O–H groups in total. The summed E-state index contributed by atoms with van der Waals surface area (Å²) in [5.74, 6) is -0.439. The minimum Gasteiger partial charge on any atom is -0.305 e. The Kier molecular flexibility index (Phi) is 4.52. The van der Waals surface area contributed by atoms with Crippen molar-refractivity contribution in [2.24, 2.45) is 0 Å². The van der Waals surface area contributed by atoms with Gasteiger partial charge < -0.3 is 4.90 Å². The van der Waals surface area contributed by atoms with Crippen LogP contribution in [0.25, 0.3) is 0 Å². The molecule has 1 heterocycles. The molecule has 0 saturated carbocycles. The van der Waals surface area contributed by atoms with Gasteiger partial charge in [-0.15, -0.1) is 0 Å². The zero-order valence-corrected chi connectivity index (χ0v) is 11.6. The van der Waals surface area contributed by atoms with Crippen LogP contribution in [0.1, 0.15) is 24.0 Å². The highest BCUT2D eigenvalue weighted by atomic mass is 19.1. The predicted molar refractivity (Wildman–Crippen MR) is 73.1 cm³/mol. The van der Waals surface area contributed by atoms with Gasteiger partial charge in [0, 0.05) is 19.1 Å². The van der Waals surface area contributed by atoms with Crippen molar-refractivity contribution in [3.8, 4) is 6.07 Å². The van der Waals surface area contributed by atoms with Gasteiger partial charge in [-0.3, -0.25) is 4.90 Å². The smallest absolute Gasteiger partial charge is 0.140 e. The monoisotopic (exact) mass is 261 g/mol. The maximum atomic E-state index is 13.3. The van der Waals surface area contributed by atoms with Crippen molar-refractivity contribution in [3.05, 3.63) is 35.1 Å². The fourth-order valence-electron chi connectivity index (χ4n) is 2.67. The minimum absolute atomic E-state index is 0.131. The average molecular weight is 261 g/mol. The number of hydrogen-bond donors (Lipinski definition) is 0. The second-order valence-corrected chi connectivity index (χ2v) is 5.40. The maximum Gasteiger partial charge on any atom is 0.140 e. The first-order valence-electron chi connectivity index (χ1n) is 6.67. The van der Waals surface area contributed by atoms with E-state index in [2.05, 4.69) is 23.9 Å². The lowest BCUT2D eigenvalue weighted by molar-refractivity contribution is 0.129. The third kappa shape index (κ3) is 3.52. The van der Waals surface area contributed by atoms with Gasteiger partial charge in [-0.05, 0) is 51.2 Å². The van der Waals surface area contributed by atoms with Crippen LogP contribution >= 0.6 is 0 Å². The molecule has 1 saturated heterocycles. The van der Waals surface area contributed by atoms with E-state index in [0.717, 1.165) is 18.7 Å². The molecule has 0 bridgehead atoms. The Balaban J connectivity index is 2.02. The molecule has 1 atom stereocenters. The standard InChI is InChI=1S/C15H20FN3/c1-18-7-3-4-14(11-18)19(2)10-12-5-6-15(16)13(8-12)9-17/h5-6,8,14H,3-4,7,10-11H2,1-2H3. The Hall–Kier alpha value is -1.44. The molecule has 0 spiro atoms. The Labute approximate surface area is 114 Å². The van der Waals surface area contributed by atoms with E-state index in [0.29, 0.717) is 6.04 Å². The largest absolute Gasteiger partial charge is 0.305 e. The number of rotatable bonds is 3. The second-order valence-electron chi connectivity index (χ2n) is 5.40. The summed E-state index contributed by atoms with van der Waals surface area (Å²) in [4.78, 5) is 4.64. The number of halogens is 1. The lowest BCUT2D eigenvalue weighted by Gasteiger charge is -2.35. The van der Waals surface area contributed by atoms with Gasteiger partial charge >= 0.3 is 0 Å². The van der Waals surface area contributed by atoms with Gasteiger partial charge in [-0.2, -0.15) is 5.26 Å². The number of likely N-dealkylation sites (N-methyl/N-ethyl adjacent to an activating group) is 2. The first-order chi connectivity index (χ1) is 9.10. The Bertz CT molecular complexity index is 481. The van der Waals surface area contributed by atoms with Crippen LogP contribution < -0.4 is 0 Å². The maximum absolute atomic E-state index is 13.3. The third-order valence-electron chi connectivity index (χ3n) is 3.81. The summed E-state index contributed by atoms with van der Waals surface area (Å²) < 4.78 is 13.3. The van der Waals surface area contributed by atoms with Gasteiger partial charge in [0.15, 0.2) is 0 Å². The van der Waals surface area contributed by atoms with E-state index in [1.54, 1.807) is 12.1 Å². The number of benzene rings is 1. The molecule has 19 heavy (non-hydrogen) atoms. The van der Waals surface area contributed by atoms with Crippen molar-refractivity contribution in [2.75, 3.05) is 27.2 Å². The van der Waals surface area contributed by atoms with Crippen molar-refractivity contribution in [1.82, 2.24) is 9.80 Å². The van der Waals surface area contributed by atoms with Gasteiger partial charge in [0.05, 0.1) is 5.56 Å². The van der Waals surface area contributed by atoms with Crippen LogP contribution in [0.4, 0.5) is 4.39 Å². The van der Waals surface area contributed by atoms with Crippen LogP contribution in [0.3, 0.4) is 0 Å². The van der Waals surface area contributed by atoms with Crippen molar-refractivity contribution in [1.29, 1.82) is 5.26 Å². The number of likely N-dealkylation sites (tertiary alicyclic amines) is 1. The van der Waals surface area contributed by atoms with Crippen molar-refractivity contribution in [3.63, 3.8) is 0 Å². The van der Waals surface area contributed by atoms with E-state index in [1.807, 2.05) is 6.07 Å². The van der Waals surface area contributed by atoms with E-state index >= 15 is 0 Å². The van der Waals surface area contributed by atoms with E-state index in [9.17, 15) is 4.39 Å². The summed E-state index contributed by atoms with van der Waals surface area (Å²) in [5.41, 5.74) is 1.13. The molecule has 2 rings (SSSR count). The Morgan fingerprint density at radius 1 is 1.53 bits per heavy atom. The summed E-state index contributed by atoms with van der Waals surface area (Å²) in [6, 6.07) is 7.23. The van der Waals surface area contributed by atoms with Crippen LogP contribution in [0.5, 0.6) is 0 Å². The second kappa shape index (κ2) is 6.14. The summed E-state index contributed by atoms with van der Waals surface area (Å²) >= 11 is 0. The number of nitrogens with zero attached hydrogens (tertiary/aromatic N) is 3. The number of hydrogen-bond acceptors (Lipinski definition) is 3. The molecule has 1 aliphatic heterocycles. The molecule has 0 aromatic heterocycles. The highest BCUT2D eigenvalue weighted by molar-refractivity contribution is 5.34. The summed E-state index contributed by atoms with van der Waals surface area (Å²) in [7, 11) is 4.24. The van der Waals surface area contributed by atoms with Crippen LogP contribution in [-0.2, 0) is 6.54 Å². The SMILES string of the molecule is CN1CCCC(N(C)Cc2ccc(F)c(C#N)c2)C1. The average Bonchev–Trinajstić information content (AvgIpc) is 2.41. The van der Waals surface area contributed by atoms with Gasteiger partial charge in [0.1, 0.15) is 11.9 Å². The van der Waals surface area contributed by atoms with Crippen molar-refractivity contribution >= 4 is 0 Å². The lowest BCUT2D eigenvalue weighted by atomic mass is 10.0. The fourth-order valence-corrected chi connectivity index (χ4v) is 2.67. The molecule has 1 unspecified atom stereocenters. The van der Waals surface area contributed by atoms with Crippen molar-refractivity contribution < 1.29 is 4.39 Å². The predicted octanol–water partition coefficient (Wildman–Crippen LogP) is 2.22. The number of piperidine rings is 1. The van der Waals surface area contributed by atoms with Gasteiger partial charge in [0.25, 0.3) is 0 Å². The Morgan fingerprint density at radius 3 is 3.00 bits per heavy atom. The molecule has 1 aromatic carbocycles. The summed E-state index contributed by atoms with van der Waals surface area (Å²) in [6.45, 7) is 3.00. The fraction of sp³-hybridized carbons (Fsp3) is 0.533.